The Morgan fingerprint density at radius 3 is 2.84 bits per heavy atom. The minimum atomic E-state index is 0.0986. The first-order valence-electron chi connectivity index (χ1n) is 9.53. The van der Waals surface area contributed by atoms with E-state index >= 15 is 0 Å². The number of ether oxygens (including phenoxy) is 1. The number of guanidine groups is 1. The van der Waals surface area contributed by atoms with E-state index in [1.807, 2.05) is 11.8 Å². The molecular weight excluding hydrogens is 336 g/mol. The van der Waals surface area contributed by atoms with Gasteiger partial charge < -0.3 is 20.3 Å². The smallest absolute Gasteiger partial charge is 0.220 e. The van der Waals surface area contributed by atoms with Crippen LogP contribution in [0.25, 0.3) is 0 Å². The van der Waals surface area contributed by atoms with Crippen LogP contribution >= 0.6 is 11.8 Å². The van der Waals surface area contributed by atoms with Crippen molar-refractivity contribution in [2.75, 3.05) is 52.2 Å². The normalized spacial score (nSPS) is 29.8. The van der Waals surface area contributed by atoms with Crippen molar-refractivity contribution in [3.05, 3.63) is 0 Å². The molecule has 7 heteroatoms. The van der Waals surface area contributed by atoms with Crippen molar-refractivity contribution < 1.29 is 9.53 Å². The molecular formula is C18H32N4O2S. The summed E-state index contributed by atoms with van der Waals surface area (Å²) < 4.78 is 5.75. The molecule has 1 atom stereocenters. The fourth-order valence-corrected chi connectivity index (χ4v) is 5.01. The topological polar surface area (TPSA) is 66.0 Å². The van der Waals surface area contributed by atoms with E-state index in [2.05, 4.69) is 28.7 Å². The van der Waals surface area contributed by atoms with Crippen LogP contribution in [0.2, 0.25) is 0 Å². The zero-order valence-electron chi connectivity index (χ0n) is 15.6. The van der Waals surface area contributed by atoms with Crippen molar-refractivity contribution in [3.8, 4) is 0 Å². The van der Waals surface area contributed by atoms with Crippen LogP contribution in [0.5, 0.6) is 0 Å². The molecule has 0 bridgehead atoms. The lowest BCUT2D eigenvalue weighted by molar-refractivity contribution is -0.119. The maximum absolute atomic E-state index is 11.7. The molecule has 142 valence electrons. The third-order valence-corrected chi connectivity index (χ3v) is 7.25. The first-order chi connectivity index (χ1) is 12.1. The Bertz CT molecular complexity index is 507. The van der Waals surface area contributed by atoms with Crippen LogP contribution in [0.1, 0.15) is 39.0 Å². The highest BCUT2D eigenvalue weighted by molar-refractivity contribution is 8.00. The highest BCUT2D eigenvalue weighted by atomic mass is 32.2. The molecule has 0 aromatic carbocycles. The highest BCUT2D eigenvalue weighted by Gasteiger charge is 2.42. The van der Waals surface area contributed by atoms with Gasteiger partial charge in [0, 0.05) is 56.0 Å². The fourth-order valence-electron chi connectivity index (χ4n) is 4.24. The molecule has 3 fully saturated rings. The van der Waals surface area contributed by atoms with E-state index in [0.29, 0.717) is 6.42 Å². The maximum Gasteiger partial charge on any atom is 0.220 e. The summed E-state index contributed by atoms with van der Waals surface area (Å²) in [6, 6.07) is 0. The molecule has 3 aliphatic rings. The Labute approximate surface area is 155 Å². The molecule has 1 unspecified atom stereocenters. The Morgan fingerprint density at radius 2 is 2.20 bits per heavy atom. The molecule has 3 rings (SSSR count). The first kappa shape index (κ1) is 18.8. The number of aliphatic imine (C=N–C) groups is 1. The molecule has 0 saturated carbocycles. The Kier molecular flexibility index (Phi) is 6.15. The summed E-state index contributed by atoms with van der Waals surface area (Å²) in [6.45, 7) is 8.27. The number of nitrogens with zero attached hydrogens (tertiary/aromatic N) is 2. The maximum atomic E-state index is 11.7. The van der Waals surface area contributed by atoms with Gasteiger partial charge in [-0.15, -0.1) is 0 Å². The number of thioether (sulfide) groups is 1. The lowest BCUT2D eigenvalue weighted by Crippen LogP contribution is -2.51. The van der Waals surface area contributed by atoms with E-state index in [4.69, 9.17) is 9.73 Å². The van der Waals surface area contributed by atoms with Crippen molar-refractivity contribution in [2.24, 2.45) is 10.4 Å². The van der Waals surface area contributed by atoms with Gasteiger partial charge in [0.05, 0.1) is 6.54 Å². The Balaban J connectivity index is 1.70. The second kappa shape index (κ2) is 8.16. The SMILES string of the molecule is CCNC(=NCC1(SC)CCOCC1)N1CCCC2(CNC(=O)C2)C1. The highest BCUT2D eigenvalue weighted by Crippen LogP contribution is 2.37. The van der Waals surface area contributed by atoms with Gasteiger partial charge >= 0.3 is 0 Å². The standard InChI is InChI=1S/C18H32N4O2S/c1-3-19-16(21-13-18(25-2)6-9-24-10-7-18)22-8-4-5-17(14-22)11-15(23)20-12-17/h3-14H2,1-2H3,(H,19,21)(H,20,23). The van der Waals surface area contributed by atoms with Gasteiger partial charge in [0.2, 0.25) is 5.91 Å². The summed E-state index contributed by atoms with van der Waals surface area (Å²) in [4.78, 5) is 19.1. The zero-order chi connectivity index (χ0) is 17.8. The van der Waals surface area contributed by atoms with Crippen LogP contribution in [-0.2, 0) is 9.53 Å². The number of nitrogens with one attached hydrogen (secondary N) is 2. The quantitative estimate of drug-likeness (QED) is 0.581. The van der Waals surface area contributed by atoms with Gasteiger partial charge in [-0.2, -0.15) is 11.8 Å². The molecule has 0 aromatic rings. The Hall–Kier alpha value is -0.950. The van der Waals surface area contributed by atoms with Gasteiger partial charge in [0.25, 0.3) is 0 Å². The number of likely N-dealkylation sites (tertiary alicyclic amines) is 1. The average Bonchev–Trinajstić information content (AvgIpc) is 2.99. The van der Waals surface area contributed by atoms with Crippen molar-refractivity contribution in [2.45, 2.75) is 43.8 Å². The number of hydrogen-bond donors (Lipinski definition) is 2. The number of hydrogen-bond acceptors (Lipinski definition) is 4. The zero-order valence-corrected chi connectivity index (χ0v) is 16.4. The predicted octanol–water partition coefficient (Wildman–Crippen LogP) is 1.47. The van der Waals surface area contributed by atoms with E-state index in [9.17, 15) is 4.79 Å². The van der Waals surface area contributed by atoms with Crippen LogP contribution in [0.4, 0.5) is 0 Å². The summed E-state index contributed by atoms with van der Waals surface area (Å²) in [7, 11) is 0. The third kappa shape index (κ3) is 4.42. The van der Waals surface area contributed by atoms with Crippen molar-refractivity contribution in [3.63, 3.8) is 0 Å². The van der Waals surface area contributed by atoms with Gasteiger partial charge in [-0.3, -0.25) is 9.79 Å². The first-order valence-corrected chi connectivity index (χ1v) is 10.8. The molecule has 3 saturated heterocycles. The largest absolute Gasteiger partial charge is 0.381 e. The minimum Gasteiger partial charge on any atom is -0.381 e. The van der Waals surface area contributed by atoms with Crippen LogP contribution in [0, 0.1) is 5.41 Å². The molecule has 0 radical (unpaired) electrons. The van der Waals surface area contributed by atoms with E-state index < -0.39 is 0 Å². The minimum absolute atomic E-state index is 0.0986. The summed E-state index contributed by atoms with van der Waals surface area (Å²) in [6.07, 6.45) is 7.25. The van der Waals surface area contributed by atoms with Gasteiger partial charge in [-0.05, 0) is 38.9 Å². The van der Waals surface area contributed by atoms with Crippen LogP contribution < -0.4 is 10.6 Å². The van der Waals surface area contributed by atoms with E-state index in [0.717, 1.165) is 77.6 Å². The summed E-state index contributed by atoms with van der Waals surface area (Å²) in [5.41, 5.74) is 0.0986. The van der Waals surface area contributed by atoms with E-state index in [1.165, 1.54) is 0 Å². The third-order valence-electron chi connectivity index (χ3n) is 5.85. The lowest BCUT2D eigenvalue weighted by Gasteiger charge is -2.41. The van der Waals surface area contributed by atoms with Crippen molar-refractivity contribution >= 4 is 23.6 Å². The number of amides is 1. The molecule has 2 N–H and O–H groups in total. The predicted molar refractivity (Wildman–Crippen MR) is 103 cm³/mol. The molecule has 3 aliphatic heterocycles. The van der Waals surface area contributed by atoms with Crippen molar-refractivity contribution in [1.29, 1.82) is 0 Å². The number of carbonyl (C=O) groups is 1. The van der Waals surface area contributed by atoms with Crippen LogP contribution in [0.15, 0.2) is 4.99 Å². The average molecular weight is 369 g/mol. The number of piperidine rings is 1. The second-order valence-corrected chi connectivity index (χ2v) is 8.92. The molecule has 1 spiro atoms. The second-order valence-electron chi connectivity index (χ2n) is 7.65. The lowest BCUT2D eigenvalue weighted by atomic mass is 9.79. The number of carbonyl (C=O) groups excluding carboxylic acids is 1. The van der Waals surface area contributed by atoms with Gasteiger partial charge in [0.15, 0.2) is 5.96 Å². The van der Waals surface area contributed by atoms with Crippen LogP contribution in [0.3, 0.4) is 0 Å². The molecule has 0 aromatic heterocycles. The summed E-state index contributed by atoms with van der Waals surface area (Å²) in [5.74, 6) is 1.22. The molecule has 0 aliphatic carbocycles. The van der Waals surface area contributed by atoms with Gasteiger partial charge in [-0.25, -0.2) is 0 Å². The molecule has 6 nitrogen and oxygen atoms in total. The monoisotopic (exact) mass is 368 g/mol. The molecule has 1 amide bonds. The van der Waals surface area contributed by atoms with Crippen LogP contribution in [-0.4, -0.2) is 73.7 Å². The summed E-state index contributed by atoms with van der Waals surface area (Å²) >= 11 is 1.93. The van der Waals surface area contributed by atoms with E-state index in [1.54, 1.807) is 0 Å². The number of rotatable bonds is 4. The molecule has 3 heterocycles. The van der Waals surface area contributed by atoms with Crippen molar-refractivity contribution in [1.82, 2.24) is 15.5 Å². The fraction of sp³-hybridized carbons (Fsp3) is 0.889. The molecule has 25 heavy (non-hydrogen) atoms. The summed E-state index contributed by atoms with van der Waals surface area (Å²) in [5, 5.41) is 6.51. The Morgan fingerprint density at radius 1 is 1.40 bits per heavy atom. The van der Waals surface area contributed by atoms with Gasteiger partial charge in [0.1, 0.15) is 0 Å². The van der Waals surface area contributed by atoms with E-state index in [-0.39, 0.29) is 16.1 Å². The van der Waals surface area contributed by atoms with Gasteiger partial charge in [-0.1, -0.05) is 0 Å².